The first-order valence-corrected chi connectivity index (χ1v) is 18.2. The number of aromatic hydroxyl groups is 1. The zero-order valence-corrected chi connectivity index (χ0v) is 29.7. The quantitative estimate of drug-likeness (QED) is 0.279. The summed E-state index contributed by atoms with van der Waals surface area (Å²) in [5.41, 5.74) is 3.42. The predicted molar refractivity (Wildman–Crippen MR) is 189 cm³/mol. The Kier molecular flexibility index (Phi) is 11.6. The Morgan fingerprint density at radius 1 is 0.902 bits per heavy atom. The van der Waals surface area contributed by atoms with Crippen molar-refractivity contribution in [2.24, 2.45) is 0 Å². The van der Waals surface area contributed by atoms with E-state index >= 15 is 0 Å². The molecule has 0 saturated carbocycles. The number of nitrogens with zero attached hydrogens (tertiary/aromatic N) is 6. The molecule has 4 aliphatic rings. The second-order valence-corrected chi connectivity index (χ2v) is 14.2. The molecule has 3 fully saturated rings. The topological polar surface area (TPSA) is 149 Å². The third-order valence-corrected chi connectivity index (χ3v) is 10.9. The van der Waals surface area contributed by atoms with Crippen molar-refractivity contribution < 1.29 is 34.2 Å². The fourth-order valence-corrected chi connectivity index (χ4v) is 7.78. The van der Waals surface area contributed by atoms with E-state index in [0.29, 0.717) is 75.3 Å². The number of benzene rings is 2. The molecule has 0 radical (unpaired) electrons. The summed E-state index contributed by atoms with van der Waals surface area (Å²) in [5, 5.41) is 23.1. The van der Waals surface area contributed by atoms with Gasteiger partial charge in [-0.1, -0.05) is 30.3 Å². The smallest absolute Gasteiger partial charge is 0.410 e. The summed E-state index contributed by atoms with van der Waals surface area (Å²) in [7, 11) is 1.34. The van der Waals surface area contributed by atoms with Crippen LogP contribution in [0.25, 0.3) is 0 Å². The van der Waals surface area contributed by atoms with Gasteiger partial charge in [0, 0.05) is 90.1 Å². The highest BCUT2D eigenvalue weighted by molar-refractivity contribution is 5.91. The molecule has 4 aliphatic heterocycles. The highest BCUT2D eigenvalue weighted by Crippen LogP contribution is 2.26. The molecular formula is C37H51N7O7. The number of phenolic OH excluding ortho intramolecular Hbond substituents is 1. The fraction of sp³-hybridized carbons (Fsp3) is 0.568. The zero-order chi connectivity index (χ0) is 36.1. The molecule has 14 nitrogen and oxygen atoms in total. The van der Waals surface area contributed by atoms with Crippen LogP contribution >= 0.6 is 0 Å². The molecule has 0 unspecified atom stereocenters. The number of likely N-dealkylation sites (N-methyl/N-ethyl adjacent to an activating group) is 1. The van der Waals surface area contributed by atoms with Crippen LogP contribution in [0.5, 0.6) is 5.75 Å². The molecule has 51 heavy (non-hydrogen) atoms. The number of nitrogens with one attached hydrogen (secondary N) is 1. The first kappa shape index (κ1) is 36.4. The van der Waals surface area contributed by atoms with Crippen LogP contribution in [-0.2, 0) is 27.2 Å². The van der Waals surface area contributed by atoms with E-state index in [1.165, 1.54) is 7.05 Å². The summed E-state index contributed by atoms with van der Waals surface area (Å²) in [6, 6.07) is 13.2. The molecule has 0 spiro atoms. The standard InChI is InChI=1S/C37H51N7O7/c1-26-23-27(7-8-32(26)45)24-33(35(47)42-21-19-41(20-22-42)29-10-14-40(15-11-29)25-34(46)39(2)50)51-37(49)43-16-12-30(13-17-43)44-18-9-28-5-3-4-6-31(28)38-36(44)48/h3-8,23,29-30,33,45,50H,9-22,24-25H2,1-2H3,(H,38,48)/t33-/m1/s1. The van der Waals surface area contributed by atoms with Crippen LogP contribution in [-0.4, -0.2) is 154 Å². The van der Waals surface area contributed by atoms with Crippen LogP contribution in [0.1, 0.15) is 42.4 Å². The molecule has 2 aromatic carbocycles. The number of piperazine rings is 1. The van der Waals surface area contributed by atoms with Gasteiger partial charge in [-0.25, -0.2) is 14.7 Å². The molecule has 1 atom stereocenters. The molecule has 0 aliphatic carbocycles. The number of phenols is 1. The number of hydrogen-bond donors (Lipinski definition) is 3. The van der Waals surface area contributed by atoms with Gasteiger partial charge in [-0.3, -0.25) is 24.6 Å². The highest BCUT2D eigenvalue weighted by Gasteiger charge is 2.36. The lowest BCUT2D eigenvalue weighted by Crippen LogP contribution is -2.57. The number of hydrogen-bond acceptors (Lipinski definition) is 9. The van der Waals surface area contributed by atoms with Gasteiger partial charge >= 0.3 is 12.1 Å². The van der Waals surface area contributed by atoms with Crippen molar-refractivity contribution in [3.63, 3.8) is 0 Å². The fourth-order valence-electron chi connectivity index (χ4n) is 7.78. The Morgan fingerprint density at radius 3 is 2.27 bits per heavy atom. The van der Waals surface area contributed by atoms with Gasteiger partial charge in [0.25, 0.3) is 11.8 Å². The van der Waals surface area contributed by atoms with Gasteiger partial charge in [0.2, 0.25) is 0 Å². The normalized spacial score (nSPS) is 20.3. The summed E-state index contributed by atoms with van der Waals surface area (Å²) in [6.07, 6.45) is 2.44. The van der Waals surface area contributed by atoms with Gasteiger partial charge in [-0.05, 0) is 67.9 Å². The average molecular weight is 706 g/mol. The van der Waals surface area contributed by atoms with Gasteiger partial charge < -0.3 is 29.9 Å². The van der Waals surface area contributed by atoms with Crippen LogP contribution in [0.3, 0.4) is 0 Å². The van der Waals surface area contributed by atoms with Gasteiger partial charge in [-0.2, -0.15) is 0 Å². The zero-order valence-electron chi connectivity index (χ0n) is 29.7. The van der Waals surface area contributed by atoms with Crippen molar-refractivity contribution in [1.82, 2.24) is 29.6 Å². The summed E-state index contributed by atoms with van der Waals surface area (Å²) in [5.74, 6) is -0.389. The van der Waals surface area contributed by atoms with Crippen molar-refractivity contribution in [2.75, 3.05) is 77.8 Å². The maximum Gasteiger partial charge on any atom is 0.410 e. The van der Waals surface area contributed by atoms with Crippen LogP contribution < -0.4 is 5.32 Å². The maximum absolute atomic E-state index is 14.0. The molecule has 276 valence electrons. The Bertz CT molecular complexity index is 1560. The number of para-hydroxylation sites is 1. The third kappa shape index (κ3) is 8.92. The summed E-state index contributed by atoms with van der Waals surface area (Å²) >= 11 is 0. The number of carbonyl (C=O) groups excluding carboxylic acids is 4. The number of fused-ring (bicyclic) bond motifs is 1. The van der Waals surface area contributed by atoms with E-state index < -0.39 is 12.2 Å². The van der Waals surface area contributed by atoms with Crippen molar-refractivity contribution in [3.8, 4) is 5.75 Å². The largest absolute Gasteiger partial charge is 0.508 e. The average Bonchev–Trinajstić information content (AvgIpc) is 3.31. The van der Waals surface area contributed by atoms with Crippen LogP contribution in [0.2, 0.25) is 0 Å². The number of aryl methyl sites for hydroxylation is 1. The molecule has 6 rings (SSSR count). The minimum atomic E-state index is -1.02. The van der Waals surface area contributed by atoms with Crippen molar-refractivity contribution in [1.29, 1.82) is 0 Å². The molecule has 4 heterocycles. The summed E-state index contributed by atoms with van der Waals surface area (Å²) < 4.78 is 6.02. The number of hydroxylamine groups is 2. The first-order chi connectivity index (χ1) is 24.5. The van der Waals surface area contributed by atoms with Gasteiger partial charge in [0.05, 0.1) is 6.54 Å². The summed E-state index contributed by atoms with van der Waals surface area (Å²) in [4.78, 5) is 62.4. The van der Waals surface area contributed by atoms with E-state index in [9.17, 15) is 29.5 Å². The number of likely N-dealkylation sites (tertiary alicyclic amines) is 2. The van der Waals surface area contributed by atoms with Crippen molar-refractivity contribution >= 4 is 29.6 Å². The maximum atomic E-state index is 14.0. The van der Waals surface area contributed by atoms with Crippen LogP contribution in [0.4, 0.5) is 15.3 Å². The Labute approximate surface area is 299 Å². The van der Waals surface area contributed by atoms with Gasteiger partial charge in [0.15, 0.2) is 6.10 Å². The minimum absolute atomic E-state index is 0.00553. The number of urea groups is 1. The molecular weight excluding hydrogens is 654 g/mol. The highest BCUT2D eigenvalue weighted by atomic mass is 16.6. The Balaban J connectivity index is 1.03. The van der Waals surface area contributed by atoms with Crippen molar-refractivity contribution in [3.05, 3.63) is 59.2 Å². The molecule has 0 bridgehead atoms. The second-order valence-electron chi connectivity index (χ2n) is 14.2. The number of piperidine rings is 2. The van der Waals surface area contributed by atoms with Gasteiger partial charge in [0.1, 0.15) is 5.75 Å². The monoisotopic (exact) mass is 705 g/mol. The SMILES string of the molecule is Cc1cc(C[C@@H](OC(=O)N2CCC(N3CCc4ccccc4NC3=O)CC2)C(=O)N2CCN(C3CCN(CC(=O)N(C)O)CC3)CC2)ccc1O. The van der Waals surface area contributed by atoms with Crippen LogP contribution in [0.15, 0.2) is 42.5 Å². The molecule has 0 aromatic heterocycles. The lowest BCUT2D eigenvalue weighted by atomic mass is 10.0. The van der Waals surface area contributed by atoms with E-state index in [2.05, 4.69) is 15.1 Å². The molecule has 3 saturated heterocycles. The molecule has 3 N–H and O–H groups in total. The number of rotatable bonds is 8. The van der Waals surface area contributed by atoms with E-state index in [1.807, 2.05) is 35.2 Å². The number of ether oxygens (including phenoxy) is 1. The predicted octanol–water partition coefficient (Wildman–Crippen LogP) is 2.76. The molecule has 2 aromatic rings. The minimum Gasteiger partial charge on any atom is -0.508 e. The number of amides is 5. The first-order valence-electron chi connectivity index (χ1n) is 18.2. The van der Waals surface area contributed by atoms with E-state index in [0.717, 1.165) is 49.2 Å². The van der Waals surface area contributed by atoms with E-state index in [4.69, 9.17) is 4.74 Å². The lowest BCUT2D eigenvalue weighted by Gasteiger charge is -2.43. The summed E-state index contributed by atoms with van der Waals surface area (Å²) in [6.45, 7) is 7.42. The van der Waals surface area contributed by atoms with E-state index in [1.54, 1.807) is 28.9 Å². The van der Waals surface area contributed by atoms with Crippen LogP contribution in [0, 0.1) is 6.92 Å². The van der Waals surface area contributed by atoms with Gasteiger partial charge in [-0.15, -0.1) is 0 Å². The van der Waals surface area contributed by atoms with E-state index in [-0.39, 0.29) is 42.6 Å². The third-order valence-electron chi connectivity index (χ3n) is 10.9. The second kappa shape index (κ2) is 16.3. The molecule has 14 heteroatoms. The number of anilines is 1. The molecule has 5 amide bonds. The number of carbonyl (C=O) groups is 4. The Morgan fingerprint density at radius 2 is 1.59 bits per heavy atom. The Hall–Kier alpha value is -4.40. The lowest BCUT2D eigenvalue weighted by molar-refractivity contribution is -0.160. The van der Waals surface area contributed by atoms with Crippen molar-refractivity contribution in [2.45, 2.75) is 63.6 Å².